The van der Waals surface area contributed by atoms with Crippen LogP contribution in [0.3, 0.4) is 0 Å². The van der Waals surface area contributed by atoms with Gasteiger partial charge in [0.15, 0.2) is 0 Å². The first kappa shape index (κ1) is 12.5. The van der Waals surface area contributed by atoms with Crippen molar-refractivity contribution in [1.82, 2.24) is 9.88 Å². The maximum atomic E-state index is 12.1. The van der Waals surface area contributed by atoms with E-state index in [9.17, 15) is 4.79 Å². The van der Waals surface area contributed by atoms with E-state index >= 15 is 0 Å². The molecule has 1 fully saturated rings. The van der Waals surface area contributed by atoms with E-state index in [0.717, 1.165) is 42.8 Å². The summed E-state index contributed by atoms with van der Waals surface area (Å²) >= 11 is 0. The number of para-hydroxylation sites is 1. The Kier molecular flexibility index (Phi) is 2.77. The summed E-state index contributed by atoms with van der Waals surface area (Å²) in [6, 6.07) is 8.44. The monoisotopic (exact) mass is 282 g/mol. The van der Waals surface area contributed by atoms with E-state index < -0.39 is 0 Å². The van der Waals surface area contributed by atoms with Gasteiger partial charge < -0.3 is 14.6 Å². The average Bonchev–Trinajstić information content (AvgIpc) is 2.82. The number of nitrogens with zero attached hydrogens (tertiary/aromatic N) is 1. The molecular formula is C17H18N2O2. The second kappa shape index (κ2) is 4.65. The molecule has 0 spiro atoms. The van der Waals surface area contributed by atoms with Crippen molar-refractivity contribution in [3.05, 3.63) is 41.1 Å². The molecule has 0 aliphatic carbocycles. The van der Waals surface area contributed by atoms with Crippen LogP contribution in [0.15, 0.2) is 29.8 Å². The van der Waals surface area contributed by atoms with Crippen LogP contribution < -0.4 is 5.32 Å². The molecule has 21 heavy (non-hydrogen) atoms. The lowest BCUT2D eigenvalue weighted by Crippen LogP contribution is -2.28. The van der Waals surface area contributed by atoms with Crippen molar-refractivity contribution in [2.45, 2.75) is 19.3 Å². The number of fused-ring (bicyclic) bond motifs is 3. The first-order valence-corrected chi connectivity index (χ1v) is 7.48. The molecule has 108 valence electrons. The fourth-order valence-corrected chi connectivity index (χ4v) is 3.52. The molecule has 0 atom stereocenters. The normalized spacial score (nSPS) is 21.9. The van der Waals surface area contributed by atoms with Gasteiger partial charge in [0.1, 0.15) is 0 Å². The molecule has 2 aromatic rings. The lowest BCUT2D eigenvalue weighted by Gasteiger charge is -2.25. The molecule has 0 saturated carbocycles. The number of carbonyl (C=O) groups is 1. The van der Waals surface area contributed by atoms with Crippen LogP contribution in [-0.4, -0.2) is 23.7 Å². The Bertz CT molecular complexity index is 770. The van der Waals surface area contributed by atoms with Crippen molar-refractivity contribution >= 4 is 22.6 Å². The van der Waals surface area contributed by atoms with Gasteiger partial charge in [0.05, 0.1) is 23.6 Å². The number of rotatable bonds is 0. The molecule has 1 saturated heterocycles. The largest absolute Gasteiger partial charge is 0.462 e. The number of nitrogens with one attached hydrogen (secondary N) is 1. The SMILES string of the molecule is Cn1c2c(c3ccccc31)CCN/C2=C1/CCCOC1=O. The number of cyclic esters (lactones) is 1. The predicted octanol–water partition coefficient (Wildman–Crippen LogP) is 2.37. The second-order valence-electron chi connectivity index (χ2n) is 5.67. The first-order valence-electron chi connectivity index (χ1n) is 7.48. The quantitative estimate of drug-likeness (QED) is 0.596. The van der Waals surface area contributed by atoms with Gasteiger partial charge in [-0.2, -0.15) is 0 Å². The van der Waals surface area contributed by atoms with Crippen LogP contribution in [0, 0.1) is 0 Å². The standard InChI is InChI=1S/C17H18N2O2/c1-19-14-7-3-2-5-11(14)12-8-9-18-15(16(12)19)13-6-4-10-21-17(13)20/h2-3,5,7,18H,4,6,8-10H2,1H3/b15-13-. The lowest BCUT2D eigenvalue weighted by atomic mass is 9.97. The maximum Gasteiger partial charge on any atom is 0.336 e. The number of esters is 1. The summed E-state index contributed by atoms with van der Waals surface area (Å²) in [4.78, 5) is 12.1. The molecule has 0 amide bonds. The van der Waals surface area contributed by atoms with E-state index in [-0.39, 0.29) is 5.97 Å². The average molecular weight is 282 g/mol. The Morgan fingerprint density at radius 2 is 2.10 bits per heavy atom. The van der Waals surface area contributed by atoms with Crippen molar-refractivity contribution in [1.29, 1.82) is 0 Å². The van der Waals surface area contributed by atoms with Gasteiger partial charge in [0, 0.05) is 24.5 Å². The number of hydrogen-bond acceptors (Lipinski definition) is 3. The van der Waals surface area contributed by atoms with Crippen molar-refractivity contribution in [2.75, 3.05) is 13.2 Å². The van der Waals surface area contributed by atoms with Crippen LogP contribution in [0.25, 0.3) is 16.6 Å². The van der Waals surface area contributed by atoms with E-state index in [1.807, 2.05) is 0 Å². The maximum absolute atomic E-state index is 12.1. The van der Waals surface area contributed by atoms with Crippen molar-refractivity contribution in [3.63, 3.8) is 0 Å². The van der Waals surface area contributed by atoms with E-state index in [4.69, 9.17) is 4.74 Å². The molecule has 4 rings (SSSR count). The summed E-state index contributed by atoms with van der Waals surface area (Å²) in [6.07, 6.45) is 2.69. The van der Waals surface area contributed by atoms with Gasteiger partial charge in [0.2, 0.25) is 0 Å². The van der Waals surface area contributed by atoms with Gasteiger partial charge in [-0.25, -0.2) is 4.79 Å². The zero-order chi connectivity index (χ0) is 14.4. The van der Waals surface area contributed by atoms with Crippen LogP contribution in [0.5, 0.6) is 0 Å². The predicted molar refractivity (Wildman–Crippen MR) is 81.7 cm³/mol. The topological polar surface area (TPSA) is 43.3 Å². The lowest BCUT2D eigenvalue weighted by molar-refractivity contribution is -0.141. The fraction of sp³-hybridized carbons (Fsp3) is 0.353. The van der Waals surface area contributed by atoms with E-state index in [1.165, 1.54) is 16.5 Å². The molecule has 2 aliphatic heterocycles. The fourth-order valence-electron chi connectivity index (χ4n) is 3.52. The van der Waals surface area contributed by atoms with Gasteiger partial charge in [-0.3, -0.25) is 0 Å². The highest BCUT2D eigenvalue weighted by molar-refractivity contribution is 6.00. The van der Waals surface area contributed by atoms with Gasteiger partial charge in [-0.1, -0.05) is 18.2 Å². The molecule has 0 radical (unpaired) electrons. The molecular weight excluding hydrogens is 264 g/mol. The smallest absolute Gasteiger partial charge is 0.336 e. The number of aryl methyl sites for hydroxylation is 1. The van der Waals surface area contributed by atoms with E-state index in [0.29, 0.717) is 6.61 Å². The molecule has 0 bridgehead atoms. The number of hydrogen-bond donors (Lipinski definition) is 1. The minimum atomic E-state index is -0.165. The molecule has 1 aromatic carbocycles. The summed E-state index contributed by atoms with van der Waals surface area (Å²) in [7, 11) is 2.07. The molecule has 1 N–H and O–H groups in total. The molecule has 3 heterocycles. The number of ether oxygens (including phenoxy) is 1. The molecule has 2 aliphatic rings. The minimum absolute atomic E-state index is 0.165. The minimum Gasteiger partial charge on any atom is -0.462 e. The molecule has 0 unspecified atom stereocenters. The van der Waals surface area contributed by atoms with E-state index in [1.54, 1.807) is 0 Å². The van der Waals surface area contributed by atoms with Crippen molar-refractivity contribution in [2.24, 2.45) is 7.05 Å². The van der Waals surface area contributed by atoms with Crippen molar-refractivity contribution in [3.8, 4) is 0 Å². The number of aromatic nitrogens is 1. The van der Waals surface area contributed by atoms with Crippen LogP contribution in [-0.2, 0) is 23.0 Å². The molecule has 1 aromatic heterocycles. The van der Waals surface area contributed by atoms with Crippen LogP contribution >= 0.6 is 0 Å². The number of carbonyl (C=O) groups excluding carboxylic acids is 1. The summed E-state index contributed by atoms with van der Waals surface area (Å²) in [5, 5.41) is 4.73. The van der Waals surface area contributed by atoms with Crippen molar-refractivity contribution < 1.29 is 9.53 Å². The van der Waals surface area contributed by atoms with Crippen LogP contribution in [0.2, 0.25) is 0 Å². The second-order valence-corrected chi connectivity index (χ2v) is 5.67. The van der Waals surface area contributed by atoms with Crippen LogP contribution in [0.1, 0.15) is 24.1 Å². The molecule has 4 heteroatoms. The summed E-state index contributed by atoms with van der Waals surface area (Å²) in [5.41, 5.74) is 5.48. The van der Waals surface area contributed by atoms with Crippen LogP contribution in [0.4, 0.5) is 0 Å². The first-order chi connectivity index (χ1) is 10.3. The third kappa shape index (κ3) is 1.78. The highest BCUT2D eigenvalue weighted by Gasteiger charge is 2.28. The van der Waals surface area contributed by atoms with Gasteiger partial charge >= 0.3 is 5.97 Å². The third-order valence-corrected chi connectivity index (χ3v) is 4.48. The third-order valence-electron chi connectivity index (χ3n) is 4.48. The highest BCUT2D eigenvalue weighted by atomic mass is 16.5. The summed E-state index contributed by atoms with van der Waals surface area (Å²) in [6.45, 7) is 1.41. The van der Waals surface area contributed by atoms with E-state index in [2.05, 4.69) is 41.2 Å². The molecule has 4 nitrogen and oxygen atoms in total. The Balaban J connectivity index is 2.00. The Morgan fingerprint density at radius 1 is 1.24 bits per heavy atom. The number of benzene rings is 1. The van der Waals surface area contributed by atoms with Gasteiger partial charge in [-0.05, 0) is 30.9 Å². The van der Waals surface area contributed by atoms with Gasteiger partial charge in [0.25, 0.3) is 0 Å². The Labute approximate surface area is 123 Å². The zero-order valence-corrected chi connectivity index (χ0v) is 12.1. The zero-order valence-electron chi connectivity index (χ0n) is 12.1. The summed E-state index contributed by atoms with van der Waals surface area (Å²) < 4.78 is 7.42. The summed E-state index contributed by atoms with van der Waals surface area (Å²) in [5.74, 6) is -0.165. The Hall–Kier alpha value is -2.23. The highest BCUT2D eigenvalue weighted by Crippen LogP contribution is 2.35. The van der Waals surface area contributed by atoms with Gasteiger partial charge in [-0.15, -0.1) is 0 Å². The Morgan fingerprint density at radius 3 is 2.95 bits per heavy atom.